The number of ketones is 3. The van der Waals surface area contributed by atoms with Gasteiger partial charge in [-0.3, -0.25) is 57.1 Å². The zero-order chi connectivity index (χ0) is 101. The molecular weight excluding hydrogens is 1840 g/mol. The fourth-order valence-electron chi connectivity index (χ4n) is 20.5. The van der Waals surface area contributed by atoms with E-state index in [0.29, 0.717) is 111 Å². The molecule has 4 atom stereocenters. The van der Waals surface area contributed by atoms with Crippen LogP contribution in [0.2, 0.25) is 0 Å². The number of guanidine groups is 1. The number of carbonyl (C=O) groups is 6. The van der Waals surface area contributed by atoms with Crippen LogP contribution in [0.25, 0.3) is 21.8 Å². The van der Waals surface area contributed by atoms with Crippen LogP contribution in [0.3, 0.4) is 0 Å². The molecule has 3 amide bonds. The van der Waals surface area contributed by atoms with E-state index in [2.05, 4.69) is 83.5 Å². The molecule has 24 nitrogen and oxygen atoms in total. The van der Waals surface area contributed by atoms with Crippen LogP contribution in [0, 0.1) is 32.5 Å². The monoisotopic (exact) mass is 1980 g/mol. The van der Waals surface area contributed by atoms with Crippen LogP contribution < -0.4 is 31.7 Å². The summed E-state index contributed by atoms with van der Waals surface area (Å²) in [5.74, 6) is 0.426. The maximum Gasteiger partial charge on any atom is 0.329 e. The smallest absolute Gasteiger partial charge is 0.329 e. The molecule has 18 rings (SSSR count). The molecule has 0 spiro atoms. The third-order valence-electron chi connectivity index (χ3n) is 29.1. The van der Waals surface area contributed by atoms with Gasteiger partial charge in [-0.15, -0.1) is 0 Å². The number of aromatic nitrogens is 4. The molecule has 6 aliphatic heterocycles. The summed E-state index contributed by atoms with van der Waals surface area (Å²) in [6.07, 6.45) is 24.9. The first-order chi connectivity index (χ1) is 69.7. The summed E-state index contributed by atoms with van der Waals surface area (Å²) in [5, 5.41) is 4.05. The molecule has 8 heterocycles. The highest BCUT2D eigenvalue weighted by Gasteiger charge is 2.39. The third kappa shape index (κ3) is 27.6. The average molecular weight is 1980 g/mol. The Bertz CT molecular complexity index is 6700. The Balaban J connectivity index is 0.000000146. The quantitative estimate of drug-likeness (QED) is 0.0126. The highest BCUT2D eigenvalue weighted by molar-refractivity contribution is 7.92. The topological polar surface area (TPSA) is 285 Å². The van der Waals surface area contributed by atoms with Crippen molar-refractivity contribution in [1.82, 2.24) is 48.9 Å². The zero-order valence-corrected chi connectivity index (χ0v) is 86.2. The number of amides is 3. The van der Waals surface area contributed by atoms with Crippen LogP contribution in [0.4, 0.5) is 17.1 Å². The van der Waals surface area contributed by atoms with Crippen molar-refractivity contribution in [2.24, 2.45) is 4.99 Å². The van der Waals surface area contributed by atoms with Crippen LogP contribution in [0.5, 0.6) is 0 Å². The molecule has 4 saturated heterocycles. The van der Waals surface area contributed by atoms with Crippen molar-refractivity contribution in [3.63, 3.8) is 0 Å². The van der Waals surface area contributed by atoms with Crippen molar-refractivity contribution >= 4 is 102 Å². The lowest BCUT2D eigenvalue weighted by Gasteiger charge is -2.43. The number of piperidine rings is 4. The number of nitrogens with one attached hydrogen (secondary N) is 4. The largest absolute Gasteiger partial charge is 0.352 e. The number of H-pyrrole nitrogens is 2. The predicted molar refractivity (Wildman–Crippen MR) is 579 cm³/mol. The predicted octanol–water partition coefficient (Wildman–Crippen LogP) is 22.3. The Labute approximate surface area is 851 Å². The third-order valence-corrected chi connectivity index (χ3v) is 30.8. The molecule has 12 aromatic rings. The summed E-state index contributed by atoms with van der Waals surface area (Å²) in [7, 11) is -3.69. The molecule has 4 N–H and O–H groups in total. The number of hydrogen-bond acceptors (Lipinski definition) is 18. The van der Waals surface area contributed by atoms with Gasteiger partial charge < -0.3 is 39.8 Å². The van der Waals surface area contributed by atoms with E-state index in [1.165, 1.54) is 105 Å². The Kier molecular flexibility index (Phi) is 36.9. The van der Waals surface area contributed by atoms with Crippen molar-refractivity contribution in [2.45, 2.75) is 258 Å². The number of aryl methyl sites for hydroxylation is 4. The van der Waals surface area contributed by atoms with Crippen LogP contribution >= 0.6 is 12.2 Å². The minimum atomic E-state index is -3.69. The number of imide groups is 1. The van der Waals surface area contributed by atoms with Crippen LogP contribution in [0.1, 0.15) is 283 Å². The van der Waals surface area contributed by atoms with Gasteiger partial charge in [-0.25, -0.2) is 18.2 Å². The zero-order valence-electron chi connectivity index (χ0n) is 84.5. The Hall–Kier alpha value is -13.0. The van der Waals surface area contributed by atoms with Gasteiger partial charge in [0.2, 0.25) is 11.9 Å². The van der Waals surface area contributed by atoms with Gasteiger partial charge in [-0.05, 0) is 296 Å². The number of fused-ring (bicyclic) bond motifs is 4. The number of unbranched alkanes of at least 4 members (excludes halogenated alkanes) is 3. The normalized spacial score (nSPS) is 17.1. The van der Waals surface area contributed by atoms with Gasteiger partial charge in [0.05, 0.1) is 75.6 Å². The maximum atomic E-state index is 13.5. The standard InChI is InChI=1S/C35H37N5O3S.C28H35N3O3.C28H35N3O2S.C27H32N2O3/c1-26-14-20-30(21-15-26)44(42,43)38-28-18-16-27(17-19-28)25-36-34(41)24-33-31-12-6-7-13-32(31)37-35(39-22-8-3-9-23-39)40(33)29-10-4-2-5-11-29;2*1-3-23-8-4-6-16-30(23)17-7-5-9-26(32)22-14-15-24-25(18-22)29-28(34)31(27(24)33)19-21-12-10-20(2)11-13-21;1-19-9-11-21(12-10-19)18-29-26(31)23-14-13-22(17-24(23)27(29)32)25(30)8-4-6-16-28-15-5-3-7-20(28)2/h2,4-7,10-21,33,38H,3,8-9,22-25H2,1H3,(H,36,41);2*10-15,18,23H,3-9,16-17,19H2,1-2H3,(H,29,34);9-14,17,20H,3-8,15-16,18H2,1-2H3. The molecule has 4 fully saturated rings. The van der Waals surface area contributed by atoms with Gasteiger partial charge in [0.1, 0.15) is 0 Å². The molecule has 0 saturated carbocycles. The van der Waals surface area contributed by atoms with Gasteiger partial charge in [-0.1, -0.05) is 207 Å². The van der Waals surface area contributed by atoms with E-state index in [9.17, 15) is 51.6 Å². The van der Waals surface area contributed by atoms with Crippen LogP contribution in [0.15, 0.2) is 255 Å². The molecule has 0 bridgehead atoms. The number of likely N-dealkylation sites (tertiary alicyclic amines) is 4. The number of aromatic amines is 2. The van der Waals surface area contributed by atoms with Crippen molar-refractivity contribution in [3.8, 4) is 0 Å². The minimum Gasteiger partial charge on any atom is -0.352 e. The molecule has 4 unspecified atom stereocenters. The van der Waals surface area contributed by atoms with E-state index in [1.54, 1.807) is 95.6 Å². The first kappa shape index (κ1) is 105. The highest BCUT2D eigenvalue weighted by Crippen LogP contribution is 2.42. The van der Waals surface area contributed by atoms with Crippen LogP contribution in [-0.2, 0) is 41.0 Å². The molecule has 10 aromatic carbocycles. The van der Waals surface area contributed by atoms with Crippen molar-refractivity contribution in [1.29, 1.82) is 0 Å². The molecule has 0 radical (unpaired) electrons. The lowest BCUT2D eigenvalue weighted by molar-refractivity contribution is -0.121. The molecule has 0 aliphatic carbocycles. The number of para-hydroxylation sites is 2. The highest BCUT2D eigenvalue weighted by atomic mass is 32.2. The number of aliphatic imine (C=N–C) groups is 1. The number of benzene rings is 10. The molecule has 26 heteroatoms. The summed E-state index contributed by atoms with van der Waals surface area (Å²) in [5.41, 5.74) is 14.0. The number of hydrogen-bond donors (Lipinski definition) is 4. The van der Waals surface area contributed by atoms with Crippen molar-refractivity contribution in [3.05, 3.63) is 344 Å². The fourth-order valence-corrected chi connectivity index (χ4v) is 21.8. The molecule has 6 aliphatic rings. The number of sulfonamides is 1. The Morgan fingerprint density at radius 3 is 1.46 bits per heavy atom. The lowest BCUT2D eigenvalue weighted by atomic mass is 9.97. The fraction of sp³-hybridized carbons (Fsp3) is 0.398. The minimum absolute atomic E-state index is 0.0386. The molecule has 144 heavy (non-hydrogen) atoms. The van der Waals surface area contributed by atoms with Crippen molar-refractivity contribution < 1.29 is 37.2 Å². The van der Waals surface area contributed by atoms with Crippen LogP contribution in [-0.4, -0.2) is 164 Å². The van der Waals surface area contributed by atoms with Gasteiger partial charge in [-0.2, -0.15) is 0 Å². The van der Waals surface area contributed by atoms with E-state index in [4.69, 9.17) is 17.2 Å². The second kappa shape index (κ2) is 50.5. The van der Waals surface area contributed by atoms with Gasteiger partial charge in [0, 0.05) is 90.7 Å². The van der Waals surface area contributed by atoms with E-state index < -0.39 is 15.7 Å². The number of nitrogens with zero attached hydrogens (tertiary/aromatic N) is 9. The summed E-state index contributed by atoms with van der Waals surface area (Å²) in [6, 6.07) is 72.8. The second-order valence-electron chi connectivity index (χ2n) is 39.6. The number of anilines is 2. The first-order valence-corrected chi connectivity index (χ1v) is 53.9. The summed E-state index contributed by atoms with van der Waals surface area (Å²) < 4.78 is 31.3. The molecule has 2 aromatic heterocycles. The number of rotatable bonds is 34. The Morgan fingerprint density at radius 2 is 0.910 bits per heavy atom. The SMILES string of the molecule is CCC1CCCCN1CCCCC(=O)c1ccc2c(=O)n(Cc3ccc(C)cc3)c(=O)[nH]c2c1.CCC1CCCCN1CCCCC(=O)c1ccc2c(=O)n(Cc3ccc(C)cc3)c(=S)[nH]c2c1.Cc1ccc(CN2C(=O)c3ccc(C(=O)CCCCN4CCCCC4C)cc3C2=O)cc1.Cc1ccc(S(=O)(=O)Nc2ccc(CNC(=O)CC3c4ccccc4N=C(N4CCCCC4)N3c3ccccc3)cc2)cc1. The molecular formula is C118H139N13O11S2. The number of carbonyl (C=O) groups excluding carboxylic acids is 6. The van der Waals surface area contributed by atoms with E-state index in [1.807, 2.05) is 149 Å². The summed E-state index contributed by atoms with van der Waals surface area (Å²) in [4.78, 5) is 141. The average Bonchev–Trinajstić information content (AvgIpc) is 1.02. The van der Waals surface area contributed by atoms with Gasteiger partial charge >= 0.3 is 5.69 Å². The summed E-state index contributed by atoms with van der Waals surface area (Å²) in [6.45, 7) is 24.5. The second-order valence-corrected chi connectivity index (χ2v) is 41.7. The first-order valence-electron chi connectivity index (χ1n) is 52.0. The van der Waals surface area contributed by atoms with E-state index in [-0.39, 0.29) is 76.6 Å². The summed E-state index contributed by atoms with van der Waals surface area (Å²) >= 11 is 5.49. The maximum absolute atomic E-state index is 13.5. The van der Waals surface area contributed by atoms with Gasteiger partial charge in [0.25, 0.3) is 33.0 Å². The lowest BCUT2D eigenvalue weighted by Crippen LogP contribution is -2.50. The Morgan fingerprint density at radius 1 is 0.451 bits per heavy atom. The van der Waals surface area contributed by atoms with Gasteiger partial charge in [0.15, 0.2) is 22.1 Å². The number of Topliss-reactive ketones (excluding diaryl/α,β-unsaturated/α-hetero) is 3. The van der Waals surface area contributed by atoms with Crippen molar-refractivity contribution in [2.75, 3.05) is 62.0 Å². The molecule has 754 valence electrons. The van der Waals surface area contributed by atoms with E-state index >= 15 is 0 Å². The van der Waals surface area contributed by atoms with E-state index in [0.717, 1.165) is 152 Å².